The zero-order chi connectivity index (χ0) is 8.77. The van der Waals surface area contributed by atoms with E-state index in [1.807, 2.05) is 19.4 Å². The summed E-state index contributed by atoms with van der Waals surface area (Å²) >= 11 is 0. The lowest BCUT2D eigenvalue weighted by Crippen LogP contribution is -2.53. The summed E-state index contributed by atoms with van der Waals surface area (Å²) in [6, 6.07) is 0.428. The van der Waals surface area contributed by atoms with E-state index in [-0.39, 0.29) is 0 Å². The minimum absolute atomic E-state index is 0.360. The third-order valence-corrected chi connectivity index (χ3v) is 2.66. The molecule has 66 valence electrons. The highest BCUT2D eigenvalue weighted by Crippen LogP contribution is 2.38. The van der Waals surface area contributed by atoms with Gasteiger partial charge in [-0.25, -0.2) is 4.98 Å². The van der Waals surface area contributed by atoms with Crippen molar-refractivity contribution in [1.29, 1.82) is 0 Å². The molecule has 1 unspecified atom stereocenters. The van der Waals surface area contributed by atoms with Crippen molar-refractivity contribution in [3.63, 3.8) is 0 Å². The van der Waals surface area contributed by atoms with Gasteiger partial charge in [0.05, 0.1) is 6.04 Å². The first-order valence-corrected chi connectivity index (χ1v) is 4.32. The van der Waals surface area contributed by atoms with Crippen LogP contribution in [-0.2, 0) is 7.05 Å². The monoisotopic (exact) mass is 165 g/mol. The number of hydrogen-bond donors (Lipinski definition) is 1. The molecule has 3 nitrogen and oxygen atoms in total. The maximum Gasteiger partial charge on any atom is 0.126 e. The Kier molecular flexibility index (Phi) is 1.51. The predicted octanol–water partition coefficient (Wildman–Crippen LogP) is 1.09. The highest BCUT2D eigenvalue weighted by Gasteiger charge is 2.41. The van der Waals surface area contributed by atoms with E-state index < -0.39 is 0 Å². The molecule has 1 atom stereocenters. The molecule has 0 amide bonds. The lowest BCUT2D eigenvalue weighted by Gasteiger charge is -2.44. The second-order valence-electron chi connectivity index (χ2n) is 4.20. The lowest BCUT2D eigenvalue weighted by molar-refractivity contribution is 0.118. The number of hydrogen-bond acceptors (Lipinski definition) is 2. The van der Waals surface area contributed by atoms with Crippen LogP contribution in [0.5, 0.6) is 0 Å². The first kappa shape index (κ1) is 7.80. The largest absolute Gasteiger partial charge is 0.337 e. The van der Waals surface area contributed by atoms with Gasteiger partial charge in [0.25, 0.3) is 0 Å². The molecule has 0 bridgehead atoms. The number of rotatable bonds is 1. The van der Waals surface area contributed by atoms with Crippen molar-refractivity contribution >= 4 is 0 Å². The van der Waals surface area contributed by atoms with Crippen molar-refractivity contribution < 1.29 is 0 Å². The molecule has 0 aromatic carbocycles. The van der Waals surface area contributed by atoms with Gasteiger partial charge in [-0.05, 0) is 5.41 Å². The van der Waals surface area contributed by atoms with Crippen LogP contribution in [-0.4, -0.2) is 16.1 Å². The number of nitrogens with zero attached hydrogens (tertiary/aromatic N) is 2. The molecule has 2 heterocycles. The second-order valence-corrected chi connectivity index (χ2v) is 4.20. The van der Waals surface area contributed by atoms with Gasteiger partial charge in [-0.3, -0.25) is 0 Å². The molecular formula is C9H15N3. The maximum atomic E-state index is 4.33. The highest BCUT2D eigenvalue weighted by atomic mass is 15.1. The number of imidazole rings is 1. The van der Waals surface area contributed by atoms with Gasteiger partial charge in [0.2, 0.25) is 0 Å². The number of aromatic nitrogens is 2. The maximum absolute atomic E-state index is 4.33. The quantitative estimate of drug-likeness (QED) is 0.675. The van der Waals surface area contributed by atoms with Crippen molar-refractivity contribution in [2.75, 3.05) is 6.54 Å². The van der Waals surface area contributed by atoms with Crippen molar-refractivity contribution in [3.05, 3.63) is 18.2 Å². The van der Waals surface area contributed by atoms with Crippen LogP contribution in [0.25, 0.3) is 0 Å². The SMILES string of the molecule is Cn1ccnc1C1NCC1(C)C. The Balaban J connectivity index is 2.27. The molecule has 1 fully saturated rings. The molecule has 2 rings (SSSR count). The van der Waals surface area contributed by atoms with Crippen LogP contribution in [0.1, 0.15) is 25.7 Å². The Bertz CT molecular complexity index is 288. The fraction of sp³-hybridized carbons (Fsp3) is 0.667. The Morgan fingerprint density at radius 2 is 2.42 bits per heavy atom. The average Bonchev–Trinajstić information content (AvgIpc) is 2.35. The van der Waals surface area contributed by atoms with E-state index in [1.54, 1.807) is 0 Å². The van der Waals surface area contributed by atoms with E-state index in [4.69, 9.17) is 0 Å². The smallest absolute Gasteiger partial charge is 0.126 e. The first-order chi connectivity index (χ1) is 5.61. The number of nitrogens with one attached hydrogen (secondary N) is 1. The third-order valence-electron chi connectivity index (χ3n) is 2.66. The molecule has 0 spiro atoms. The van der Waals surface area contributed by atoms with Crippen LogP contribution in [0.3, 0.4) is 0 Å². The lowest BCUT2D eigenvalue weighted by atomic mass is 9.77. The molecule has 1 aromatic heterocycles. The van der Waals surface area contributed by atoms with Gasteiger partial charge < -0.3 is 9.88 Å². The molecule has 12 heavy (non-hydrogen) atoms. The zero-order valence-electron chi connectivity index (χ0n) is 7.83. The molecule has 1 aliphatic rings. The van der Waals surface area contributed by atoms with Gasteiger partial charge in [-0.2, -0.15) is 0 Å². The fourth-order valence-electron chi connectivity index (χ4n) is 1.71. The zero-order valence-corrected chi connectivity index (χ0v) is 7.83. The summed E-state index contributed by atoms with van der Waals surface area (Å²) in [5, 5.41) is 3.40. The molecule has 1 N–H and O–H groups in total. The normalized spacial score (nSPS) is 26.8. The van der Waals surface area contributed by atoms with Crippen LogP contribution >= 0.6 is 0 Å². The minimum atomic E-state index is 0.360. The van der Waals surface area contributed by atoms with Crippen molar-refractivity contribution in [3.8, 4) is 0 Å². The van der Waals surface area contributed by atoms with Crippen LogP contribution in [0, 0.1) is 5.41 Å². The van der Waals surface area contributed by atoms with Crippen LogP contribution in [0.2, 0.25) is 0 Å². The Labute approximate surface area is 72.8 Å². The number of aryl methyl sites for hydroxylation is 1. The van der Waals surface area contributed by atoms with Gasteiger partial charge in [0.15, 0.2) is 0 Å². The predicted molar refractivity (Wildman–Crippen MR) is 47.7 cm³/mol. The fourth-order valence-corrected chi connectivity index (χ4v) is 1.71. The summed E-state index contributed by atoms with van der Waals surface area (Å²) < 4.78 is 2.08. The molecule has 1 aromatic rings. The van der Waals surface area contributed by atoms with E-state index in [1.165, 1.54) is 0 Å². The molecule has 0 aliphatic carbocycles. The molecule has 0 radical (unpaired) electrons. The van der Waals surface area contributed by atoms with Gasteiger partial charge in [0.1, 0.15) is 5.82 Å². The van der Waals surface area contributed by atoms with E-state index >= 15 is 0 Å². The molecular weight excluding hydrogens is 150 g/mol. The Morgan fingerprint density at radius 3 is 2.75 bits per heavy atom. The summed E-state index contributed by atoms with van der Waals surface area (Å²) in [6.45, 7) is 5.62. The first-order valence-electron chi connectivity index (χ1n) is 4.32. The van der Waals surface area contributed by atoms with E-state index in [0.717, 1.165) is 12.4 Å². The average molecular weight is 165 g/mol. The molecule has 1 aliphatic heterocycles. The second kappa shape index (κ2) is 2.33. The van der Waals surface area contributed by atoms with Crippen molar-refractivity contribution in [2.24, 2.45) is 12.5 Å². The van der Waals surface area contributed by atoms with E-state index in [2.05, 4.69) is 28.7 Å². The molecule has 0 saturated carbocycles. The summed E-state index contributed by atoms with van der Waals surface area (Å²) in [5.74, 6) is 1.14. The van der Waals surface area contributed by atoms with Crippen LogP contribution < -0.4 is 5.32 Å². The standard InChI is InChI=1S/C9H15N3/c1-9(2)6-11-7(9)8-10-4-5-12(8)3/h4-5,7,11H,6H2,1-3H3. The van der Waals surface area contributed by atoms with Crippen LogP contribution in [0.4, 0.5) is 0 Å². The van der Waals surface area contributed by atoms with Gasteiger partial charge >= 0.3 is 0 Å². The van der Waals surface area contributed by atoms with Gasteiger partial charge in [-0.1, -0.05) is 13.8 Å². The van der Waals surface area contributed by atoms with Gasteiger partial charge in [0, 0.05) is 26.0 Å². The van der Waals surface area contributed by atoms with Crippen molar-refractivity contribution in [1.82, 2.24) is 14.9 Å². The Morgan fingerprint density at radius 1 is 1.67 bits per heavy atom. The summed E-state index contributed by atoms with van der Waals surface area (Å²) in [4.78, 5) is 4.33. The van der Waals surface area contributed by atoms with Gasteiger partial charge in [-0.15, -0.1) is 0 Å². The van der Waals surface area contributed by atoms with Crippen molar-refractivity contribution in [2.45, 2.75) is 19.9 Å². The summed E-state index contributed by atoms with van der Waals surface area (Å²) in [6.07, 6.45) is 3.84. The summed E-state index contributed by atoms with van der Waals surface area (Å²) in [7, 11) is 2.04. The highest BCUT2D eigenvalue weighted by molar-refractivity contribution is 5.10. The molecule has 3 heteroatoms. The summed E-state index contributed by atoms with van der Waals surface area (Å²) in [5.41, 5.74) is 0.360. The third kappa shape index (κ3) is 0.966. The topological polar surface area (TPSA) is 29.9 Å². The van der Waals surface area contributed by atoms with E-state index in [0.29, 0.717) is 11.5 Å². The van der Waals surface area contributed by atoms with Crippen LogP contribution in [0.15, 0.2) is 12.4 Å². The Hall–Kier alpha value is -0.830. The minimum Gasteiger partial charge on any atom is -0.337 e. The molecule has 1 saturated heterocycles. The van der Waals surface area contributed by atoms with E-state index in [9.17, 15) is 0 Å².